The van der Waals surface area contributed by atoms with Crippen LogP contribution in [-0.4, -0.2) is 47.8 Å². The van der Waals surface area contributed by atoms with Crippen molar-refractivity contribution in [2.24, 2.45) is 0 Å². The van der Waals surface area contributed by atoms with Crippen LogP contribution in [-0.2, 0) is 38.4 Å². The zero-order chi connectivity index (χ0) is 53.1. The predicted octanol–water partition coefficient (Wildman–Crippen LogP) is 11.1. The van der Waals surface area contributed by atoms with Crippen LogP contribution in [0.25, 0.3) is 0 Å². The van der Waals surface area contributed by atoms with Crippen LogP contribution in [0.5, 0.6) is 46.0 Å². The molecule has 0 aliphatic heterocycles. The van der Waals surface area contributed by atoms with Gasteiger partial charge in [0.15, 0.2) is 0 Å². The van der Waals surface area contributed by atoms with E-state index in [0.29, 0.717) is 95.9 Å². The molecule has 0 atom stereocenters. The lowest BCUT2D eigenvalue weighted by Crippen LogP contribution is -2.18. The molecule has 0 saturated heterocycles. The molecule has 0 saturated carbocycles. The Kier molecular flexibility index (Phi) is 19.0. The molecule has 0 N–H and O–H groups in total. The van der Waals surface area contributed by atoms with Crippen LogP contribution in [0.2, 0.25) is 0 Å². The van der Waals surface area contributed by atoms with Crippen molar-refractivity contribution in [1.29, 1.82) is 0 Å². The highest BCUT2D eigenvalue weighted by molar-refractivity contribution is 5.78. The molecule has 4 aromatic rings. The number of ether oxygens (including phenoxy) is 8. The lowest BCUT2D eigenvalue weighted by atomic mass is 9.76. The molecule has 0 unspecified atom stereocenters. The number of hydrogen-bond donors (Lipinski definition) is 0. The molecule has 8 bridgehead atoms. The predicted molar refractivity (Wildman–Crippen MR) is 263 cm³/mol. The highest BCUT2D eigenvalue weighted by Crippen LogP contribution is 2.53. The van der Waals surface area contributed by atoms with Gasteiger partial charge in [-0.15, -0.1) is 0 Å². The van der Waals surface area contributed by atoms with E-state index in [1.165, 1.54) is 79.7 Å². The van der Waals surface area contributed by atoms with Gasteiger partial charge in [-0.25, -0.2) is 0 Å². The number of benzene rings is 4. The van der Waals surface area contributed by atoms with Gasteiger partial charge in [0.1, 0.15) is 46.0 Å². The van der Waals surface area contributed by atoms with Gasteiger partial charge >= 0.3 is 47.8 Å². The molecule has 16 heteroatoms. The Morgan fingerprint density at radius 2 is 0.389 bits per heavy atom. The van der Waals surface area contributed by atoms with Gasteiger partial charge in [0, 0.05) is 148 Å². The summed E-state index contributed by atoms with van der Waals surface area (Å²) in [7, 11) is 0. The molecule has 0 amide bonds. The standard InChI is InChI=1S/C56H64O16/c1-13-17-37-41-21-43(51(67-31(7)59)25-49(41)65-29(5)57)38(18-14-2)45-23-47(55(71-35(11)63)27-53(45)69-33(9)61)40(20-16-4)48-24-46(54(70-34(10)62)28-56(48)72-36(12)64)39(19-15-3)44-22-42(37)50(66-30(6)58)26-52(44)68-32(8)60/h21-28,37-40H,13-20H2,1-12H3. The number of carbonyl (C=O) groups excluding carboxylic acids is 8. The Morgan fingerprint density at radius 3 is 0.486 bits per heavy atom. The average Bonchev–Trinajstić information content (AvgIpc) is 3.25. The summed E-state index contributed by atoms with van der Waals surface area (Å²) in [6.07, 6.45) is 3.47. The third-order valence-corrected chi connectivity index (χ3v) is 11.9. The fourth-order valence-corrected chi connectivity index (χ4v) is 9.58. The van der Waals surface area contributed by atoms with E-state index in [-0.39, 0.29) is 46.0 Å². The van der Waals surface area contributed by atoms with Crippen LogP contribution >= 0.6 is 0 Å². The zero-order valence-electron chi connectivity index (χ0n) is 43.1. The van der Waals surface area contributed by atoms with E-state index in [4.69, 9.17) is 37.9 Å². The van der Waals surface area contributed by atoms with Gasteiger partial charge in [0.25, 0.3) is 0 Å². The summed E-state index contributed by atoms with van der Waals surface area (Å²) < 4.78 is 47.8. The smallest absolute Gasteiger partial charge is 0.308 e. The second kappa shape index (κ2) is 24.7. The molecule has 384 valence electrons. The second-order valence-electron chi connectivity index (χ2n) is 17.8. The average molecular weight is 993 g/mol. The largest absolute Gasteiger partial charge is 0.426 e. The summed E-state index contributed by atoms with van der Waals surface area (Å²) in [6, 6.07) is 12.9. The minimum Gasteiger partial charge on any atom is -0.426 e. The molecular formula is C56H64O16. The zero-order valence-corrected chi connectivity index (χ0v) is 43.1. The Bertz CT molecular complexity index is 2240. The summed E-state index contributed by atoms with van der Waals surface area (Å²) in [5.74, 6) is -8.40. The fourth-order valence-electron chi connectivity index (χ4n) is 9.58. The third-order valence-electron chi connectivity index (χ3n) is 11.9. The normalized spacial score (nSPS) is 15.8. The topological polar surface area (TPSA) is 210 Å². The van der Waals surface area contributed by atoms with Crippen molar-refractivity contribution in [3.8, 4) is 46.0 Å². The minimum absolute atomic E-state index is 0.0266. The van der Waals surface area contributed by atoms with Gasteiger partial charge < -0.3 is 37.9 Å². The highest BCUT2D eigenvalue weighted by atomic mass is 16.6. The van der Waals surface area contributed by atoms with E-state index >= 15 is 0 Å². The van der Waals surface area contributed by atoms with Crippen LogP contribution in [0, 0.1) is 0 Å². The first-order valence-electron chi connectivity index (χ1n) is 24.3. The number of rotatable bonds is 16. The second-order valence-corrected chi connectivity index (χ2v) is 17.8. The molecule has 1 aliphatic rings. The van der Waals surface area contributed by atoms with Crippen molar-refractivity contribution in [1.82, 2.24) is 0 Å². The Hall–Kier alpha value is -7.36. The van der Waals surface area contributed by atoms with Gasteiger partial charge in [-0.3, -0.25) is 38.4 Å². The number of carbonyl (C=O) groups is 8. The first kappa shape index (κ1) is 55.6. The Labute approximate surface area is 419 Å². The lowest BCUT2D eigenvalue weighted by molar-refractivity contribution is -0.133. The third kappa shape index (κ3) is 13.5. The first-order valence-corrected chi connectivity index (χ1v) is 24.3. The van der Waals surface area contributed by atoms with Crippen molar-refractivity contribution in [3.63, 3.8) is 0 Å². The molecular weight excluding hydrogens is 929 g/mol. The van der Waals surface area contributed by atoms with E-state index in [2.05, 4.69) is 0 Å². The molecule has 0 radical (unpaired) electrons. The summed E-state index contributed by atoms with van der Waals surface area (Å²) in [5, 5.41) is 0. The van der Waals surface area contributed by atoms with Gasteiger partial charge in [-0.05, 0) is 49.9 Å². The van der Waals surface area contributed by atoms with Gasteiger partial charge in [-0.1, -0.05) is 53.4 Å². The molecule has 16 nitrogen and oxygen atoms in total. The molecule has 0 fully saturated rings. The molecule has 4 aromatic carbocycles. The lowest BCUT2D eigenvalue weighted by Gasteiger charge is -2.31. The van der Waals surface area contributed by atoms with Crippen molar-refractivity contribution in [2.45, 2.75) is 158 Å². The molecule has 0 aromatic heterocycles. The fraction of sp³-hybridized carbons (Fsp3) is 0.429. The van der Waals surface area contributed by atoms with Crippen molar-refractivity contribution >= 4 is 47.8 Å². The van der Waals surface area contributed by atoms with Crippen LogP contribution in [0.1, 0.15) is 203 Å². The van der Waals surface area contributed by atoms with Crippen molar-refractivity contribution < 1.29 is 76.3 Å². The van der Waals surface area contributed by atoms with Gasteiger partial charge in [0.2, 0.25) is 0 Å². The van der Waals surface area contributed by atoms with E-state index in [0.717, 1.165) is 0 Å². The molecule has 5 rings (SSSR count). The van der Waals surface area contributed by atoms with Gasteiger partial charge in [0.05, 0.1) is 0 Å². The summed E-state index contributed by atoms with van der Waals surface area (Å²) in [6.45, 7) is 17.6. The maximum Gasteiger partial charge on any atom is 0.308 e. The van der Waals surface area contributed by atoms with E-state index < -0.39 is 71.4 Å². The number of hydrogen-bond acceptors (Lipinski definition) is 16. The van der Waals surface area contributed by atoms with E-state index in [1.54, 1.807) is 24.3 Å². The molecule has 0 heterocycles. The van der Waals surface area contributed by atoms with E-state index in [1.807, 2.05) is 27.7 Å². The summed E-state index contributed by atoms with van der Waals surface area (Å²) in [5.41, 5.74) is 3.34. The SMILES string of the molecule is CCCC1c2cc(c(OC(C)=O)cc2OC(C)=O)C(CCC)c2cc(c(OC(C)=O)cc2OC(C)=O)C(CCC)c2cc(c(OC(C)=O)cc2OC(C)=O)C(CCC)c2cc1c(OC(C)=O)cc2OC(C)=O. The summed E-state index contributed by atoms with van der Waals surface area (Å²) in [4.78, 5) is 105. The van der Waals surface area contributed by atoms with Crippen LogP contribution in [0.3, 0.4) is 0 Å². The summed E-state index contributed by atoms with van der Waals surface area (Å²) >= 11 is 0. The molecule has 0 spiro atoms. The van der Waals surface area contributed by atoms with E-state index in [9.17, 15) is 38.4 Å². The van der Waals surface area contributed by atoms with Crippen molar-refractivity contribution in [3.05, 3.63) is 93.0 Å². The highest BCUT2D eigenvalue weighted by Gasteiger charge is 2.36. The molecule has 72 heavy (non-hydrogen) atoms. The quantitative estimate of drug-likeness (QED) is 0.0754. The van der Waals surface area contributed by atoms with Crippen molar-refractivity contribution in [2.75, 3.05) is 0 Å². The van der Waals surface area contributed by atoms with Crippen LogP contribution in [0.15, 0.2) is 48.5 Å². The van der Waals surface area contributed by atoms with Gasteiger partial charge in [-0.2, -0.15) is 0 Å². The Balaban J connectivity index is 2.23. The monoisotopic (exact) mass is 992 g/mol. The first-order chi connectivity index (χ1) is 34.1. The number of esters is 8. The van der Waals surface area contributed by atoms with Crippen LogP contribution in [0.4, 0.5) is 0 Å². The number of fused-ring (bicyclic) bond motifs is 8. The van der Waals surface area contributed by atoms with Crippen LogP contribution < -0.4 is 37.9 Å². The Morgan fingerprint density at radius 1 is 0.264 bits per heavy atom. The molecule has 1 aliphatic carbocycles. The maximum atomic E-state index is 13.1. The maximum absolute atomic E-state index is 13.1. The minimum atomic E-state index is -0.773.